The van der Waals surface area contributed by atoms with Crippen LogP contribution in [0.1, 0.15) is 36.6 Å². The lowest BCUT2D eigenvalue weighted by atomic mass is 9.95. The molecule has 0 aliphatic carbocycles. The van der Waals surface area contributed by atoms with Crippen LogP contribution in [0.5, 0.6) is 11.5 Å². The van der Waals surface area contributed by atoms with Crippen LogP contribution >= 0.6 is 34.5 Å². The average molecular weight is 663 g/mol. The average Bonchev–Trinajstić information content (AvgIpc) is 3.53. The molecule has 0 amide bonds. The van der Waals surface area contributed by atoms with Crippen molar-refractivity contribution in [2.24, 2.45) is 4.99 Å². The molecule has 1 unspecified atom stereocenters. The molecule has 230 valence electrons. The van der Waals surface area contributed by atoms with E-state index in [0.717, 1.165) is 22.0 Å². The number of methoxy groups -OCH3 is 2. The molecule has 1 aliphatic heterocycles. The maximum atomic E-state index is 14.2. The van der Waals surface area contributed by atoms with Crippen molar-refractivity contribution < 1.29 is 19.0 Å². The van der Waals surface area contributed by atoms with Gasteiger partial charge in [0.15, 0.2) is 16.3 Å². The van der Waals surface area contributed by atoms with E-state index in [1.165, 1.54) is 11.3 Å². The molecule has 0 saturated carbocycles. The number of allylic oxidation sites excluding steroid dienone is 1. The number of ether oxygens (including phenoxy) is 3. The smallest absolute Gasteiger partial charge is 0.338 e. The number of carbonyl (C=O) groups is 1. The fraction of sp³-hybridized carbons (Fsp3) is 0.206. The summed E-state index contributed by atoms with van der Waals surface area (Å²) in [5.74, 6) is 0.479. The van der Waals surface area contributed by atoms with Gasteiger partial charge in [-0.15, -0.1) is 0 Å². The standard InChI is InChI=1S/C34H29Cl2N3O5S/c1-5-44-33(41)30-19(2)37-34-39(31(30)21-11-13-27(42-3)28(15-21)43-4)32(40)29(45-34)16-22-18-38(26-9-7-6-8-23(22)26)17-20-10-12-24(35)25(36)14-20/h6-16,18,31H,5,17H2,1-4H3/b29-16+. The van der Waals surface area contributed by atoms with E-state index in [2.05, 4.69) is 4.57 Å². The summed E-state index contributed by atoms with van der Waals surface area (Å²) in [4.78, 5) is 32.7. The van der Waals surface area contributed by atoms with E-state index < -0.39 is 12.0 Å². The Labute approximate surface area is 273 Å². The van der Waals surface area contributed by atoms with E-state index in [1.54, 1.807) is 50.8 Å². The zero-order valence-corrected chi connectivity index (χ0v) is 27.3. The van der Waals surface area contributed by atoms with E-state index >= 15 is 0 Å². The second-order valence-electron chi connectivity index (χ2n) is 10.4. The lowest BCUT2D eigenvalue weighted by Crippen LogP contribution is -2.39. The van der Waals surface area contributed by atoms with E-state index in [0.29, 0.717) is 54.3 Å². The summed E-state index contributed by atoms with van der Waals surface area (Å²) in [7, 11) is 3.09. The van der Waals surface area contributed by atoms with Gasteiger partial charge < -0.3 is 18.8 Å². The number of nitrogens with zero attached hydrogens (tertiary/aromatic N) is 3. The molecule has 0 saturated heterocycles. The van der Waals surface area contributed by atoms with Crippen LogP contribution in [0, 0.1) is 0 Å². The van der Waals surface area contributed by atoms with Crippen LogP contribution in [0.2, 0.25) is 10.0 Å². The quantitative estimate of drug-likeness (QED) is 0.187. The topological polar surface area (TPSA) is 84.1 Å². The maximum Gasteiger partial charge on any atom is 0.338 e. The van der Waals surface area contributed by atoms with E-state index in [4.69, 9.17) is 42.4 Å². The first-order valence-corrected chi connectivity index (χ1v) is 15.7. The van der Waals surface area contributed by atoms with Gasteiger partial charge in [-0.1, -0.05) is 64.9 Å². The predicted octanol–water partition coefficient (Wildman–Crippen LogP) is 6.13. The van der Waals surface area contributed by atoms with Crippen molar-refractivity contribution in [3.05, 3.63) is 125 Å². The minimum absolute atomic E-state index is 0.185. The molecule has 6 rings (SSSR count). The maximum absolute atomic E-state index is 14.2. The van der Waals surface area contributed by atoms with Gasteiger partial charge in [-0.3, -0.25) is 9.36 Å². The van der Waals surface area contributed by atoms with Crippen LogP contribution in [0.4, 0.5) is 0 Å². The number of esters is 1. The van der Waals surface area contributed by atoms with Crippen LogP contribution in [-0.4, -0.2) is 35.9 Å². The van der Waals surface area contributed by atoms with E-state index in [1.807, 2.05) is 54.7 Å². The number of rotatable bonds is 8. The number of carbonyl (C=O) groups excluding carboxylic acids is 1. The van der Waals surface area contributed by atoms with Gasteiger partial charge in [0.25, 0.3) is 5.56 Å². The molecule has 0 radical (unpaired) electrons. The zero-order chi connectivity index (χ0) is 31.8. The first-order valence-electron chi connectivity index (χ1n) is 14.2. The lowest BCUT2D eigenvalue weighted by molar-refractivity contribution is -0.139. The van der Waals surface area contributed by atoms with Gasteiger partial charge in [0.1, 0.15) is 0 Å². The summed E-state index contributed by atoms with van der Waals surface area (Å²) in [5.41, 5.74) is 4.05. The van der Waals surface area contributed by atoms with Gasteiger partial charge in [-0.05, 0) is 61.4 Å². The first-order chi connectivity index (χ1) is 21.7. The Morgan fingerprint density at radius 2 is 1.80 bits per heavy atom. The second-order valence-corrected chi connectivity index (χ2v) is 12.2. The van der Waals surface area contributed by atoms with Crippen LogP contribution in [0.15, 0.2) is 87.9 Å². The molecule has 0 spiro atoms. The van der Waals surface area contributed by atoms with Gasteiger partial charge in [-0.25, -0.2) is 9.79 Å². The molecule has 3 aromatic carbocycles. The summed E-state index contributed by atoms with van der Waals surface area (Å²) in [6, 6.07) is 18.2. The molecule has 2 aromatic heterocycles. The molecule has 0 bridgehead atoms. The number of hydrogen-bond donors (Lipinski definition) is 0. The number of benzene rings is 3. The van der Waals surface area contributed by atoms with Crippen molar-refractivity contribution in [3.8, 4) is 11.5 Å². The highest BCUT2D eigenvalue weighted by atomic mass is 35.5. The third-order valence-corrected chi connectivity index (χ3v) is 9.41. The fourth-order valence-corrected chi connectivity index (χ4v) is 6.98. The zero-order valence-electron chi connectivity index (χ0n) is 25.0. The van der Waals surface area contributed by atoms with Gasteiger partial charge in [0, 0.05) is 29.2 Å². The van der Waals surface area contributed by atoms with Crippen LogP contribution in [0.3, 0.4) is 0 Å². The van der Waals surface area contributed by atoms with Crippen LogP contribution in [0.25, 0.3) is 17.0 Å². The van der Waals surface area contributed by atoms with E-state index in [9.17, 15) is 9.59 Å². The van der Waals surface area contributed by atoms with Gasteiger partial charge in [-0.2, -0.15) is 0 Å². The molecule has 8 nitrogen and oxygen atoms in total. The summed E-state index contributed by atoms with van der Waals surface area (Å²) in [5, 5.41) is 1.98. The third kappa shape index (κ3) is 5.67. The van der Waals surface area contributed by atoms with Gasteiger partial charge in [0.05, 0.1) is 52.7 Å². The number of para-hydroxylation sites is 1. The Hall–Kier alpha value is -4.31. The summed E-state index contributed by atoms with van der Waals surface area (Å²) in [6.45, 7) is 4.25. The normalized spacial score (nSPS) is 14.8. The number of aromatic nitrogens is 2. The molecule has 45 heavy (non-hydrogen) atoms. The number of fused-ring (bicyclic) bond motifs is 2. The Kier molecular flexibility index (Phi) is 8.59. The lowest BCUT2D eigenvalue weighted by Gasteiger charge is -2.25. The van der Waals surface area contributed by atoms with Crippen molar-refractivity contribution in [1.29, 1.82) is 0 Å². The highest BCUT2D eigenvalue weighted by Crippen LogP contribution is 2.36. The monoisotopic (exact) mass is 661 g/mol. The summed E-state index contributed by atoms with van der Waals surface area (Å²) >= 11 is 13.7. The van der Waals surface area contributed by atoms with Crippen LogP contribution < -0.4 is 24.4 Å². The van der Waals surface area contributed by atoms with Crippen molar-refractivity contribution in [2.75, 3.05) is 20.8 Å². The number of thiazole rings is 1. The number of hydrogen-bond acceptors (Lipinski definition) is 7. The summed E-state index contributed by atoms with van der Waals surface area (Å²) in [6.07, 6.45) is 3.90. The number of halogens is 2. The van der Waals surface area contributed by atoms with Gasteiger partial charge >= 0.3 is 5.97 Å². The summed E-state index contributed by atoms with van der Waals surface area (Å²) < 4.78 is 20.6. The largest absolute Gasteiger partial charge is 0.493 e. The Bertz CT molecular complexity index is 2180. The minimum atomic E-state index is -0.779. The molecule has 3 heterocycles. The molecule has 0 fully saturated rings. The Balaban J connectivity index is 1.52. The molecule has 5 aromatic rings. The third-order valence-electron chi connectivity index (χ3n) is 7.68. The fourth-order valence-electron chi connectivity index (χ4n) is 5.63. The second kappa shape index (κ2) is 12.6. The molecular weight excluding hydrogens is 633 g/mol. The highest BCUT2D eigenvalue weighted by molar-refractivity contribution is 7.07. The predicted molar refractivity (Wildman–Crippen MR) is 177 cm³/mol. The van der Waals surface area contributed by atoms with Crippen molar-refractivity contribution in [1.82, 2.24) is 9.13 Å². The highest BCUT2D eigenvalue weighted by Gasteiger charge is 2.34. The van der Waals surface area contributed by atoms with Crippen molar-refractivity contribution >= 4 is 57.5 Å². The van der Waals surface area contributed by atoms with E-state index in [-0.39, 0.29) is 12.2 Å². The SMILES string of the molecule is CCOC(=O)C1=C(C)N=c2s/c(=C/c3cn(Cc4ccc(Cl)c(Cl)c4)c4ccccc34)c(=O)n2C1c1ccc(OC)c(OC)c1. The van der Waals surface area contributed by atoms with Crippen molar-refractivity contribution in [2.45, 2.75) is 26.4 Å². The molecule has 1 atom stereocenters. The Morgan fingerprint density at radius 3 is 2.53 bits per heavy atom. The van der Waals surface area contributed by atoms with Crippen LogP contribution in [-0.2, 0) is 16.1 Å². The molecule has 0 N–H and O–H groups in total. The molecular formula is C34H29Cl2N3O5S. The molecule has 1 aliphatic rings. The Morgan fingerprint density at radius 1 is 1.02 bits per heavy atom. The molecule has 11 heteroatoms. The van der Waals surface area contributed by atoms with Gasteiger partial charge in [0.2, 0.25) is 0 Å². The van der Waals surface area contributed by atoms with Crippen molar-refractivity contribution in [3.63, 3.8) is 0 Å². The first kappa shape index (κ1) is 30.7. The minimum Gasteiger partial charge on any atom is -0.493 e.